The molecule has 0 fully saturated rings. The Bertz CT molecular complexity index is 330. The number of hydrogen-bond donors (Lipinski definition) is 2. The molecule has 15 heavy (non-hydrogen) atoms. The Kier molecular flexibility index (Phi) is 4.57. The summed E-state index contributed by atoms with van der Waals surface area (Å²) in [5.74, 6) is 0.662. The maximum Gasteiger partial charge on any atom is 0.124 e. The van der Waals surface area contributed by atoms with E-state index in [2.05, 4.69) is 15.9 Å². The second-order valence-corrected chi connectivity index (χ2v) is 4.32. The molecule has 0 saturated heterocycles. The number of halogens is 1. The first-order valence-corrected chi connectivity index (χ1v) is 5.66. The second kappa shape index (κ2) is 5.49. The Labute approximate surface area is 98.4 Å². The van der Waals surface area contributed by atoms with Gasteiger partial charge in [-0.3, -0.25) is 0 Å². The molecule has 1 aromatic carbocycles. The van der Waals surface area contributed by atoms with Crippen molar-refractivity contribution >= 4 is 15.9 Å². The normalized spacial score (nSPS) is 14.7. The van der Waals surface area contributed by atoms with Crippen molar-refractivity contribution in [1.82, 2.24) is 0 Å². The van der Waals surface area contributed by atoms with E-state index in [0.717, 1.165) is 16.5 Å². The molecule has 2 unspecified atom stereocenters. The summed E-state index contributed by atoms with van der Waals surface area (Å²) >= 11 is 3.36. The van der Waals surface area contributed by atoms with Gasteiger partial charge in [0.05, 0.1) is 13.2 Å². The molecule has 0 amide bonds. The Morgan fingerprint density at radius 2 is 2.20 bits per heavy atom. The number of hydrogen-bond acceptors (Lipinski definition) is 3. The molecule has 1 rings (SSSR count). The number of rotatable bonds is 4. The highest BCUT2D eigenvalue weighted by atomic mass is 79.9. The lowest BCUT2D eigenvalue weighted by Crippen LogP contribution is -2.27. The standard InChI is InChI=1S/C11H16BrNO2/c1-3-9(13)11(14)8-6-7(12)4-5-10(8)15-2/h4-6,9,11,14H,3,13H2,1-2H3. The van der Waals surface area contributed by atoms with Crippen LogP contribution in [0.15, 0.2) is 22.7 Å². The molecule has 0 aromatic heterocycles. The van der Waals surface area contributed by atoms with Gasteiger partial charge in [-0.2, -0.15) is 0 Å². The quantitative estimate of drug-likeness (QED) is 0.885. The Morgan fingerprint density at radius 3 is 2.73 bits per heavy atom. The number of benzene rings is 1. The van der Waals surface area contributed by atoms with E-state index < -0.39 is 6.10 Å². The van der Waals surface area contributed by atoms with Crippen LogP contribution in [0.5, 0.6) is 5.75 Å². The number of aliphatic hydroxyl groups is 1. The van der Waals surface area contributed by atoms with Crippen molar-refractivity contribution in [3.8, 4) is 5.75 Å². The van der Waals surface area contributed by atoms with Crippen molar-refractivity contribution in [3.05, 3.63) is 28.2 Å². The zero-order valence-electron chi connectivity index (χ0n) is 8.90. The summed E-state index contributed by atoms with van der Waals surface area (Å²) in [5, 5.41) is 10.00. The van der Waals surface area contributed by atoms with Crippen LogP contribution >= 0.6 is 15.9 Å². The third kappa shape index (κ3) is 2.93. The lowest BCUT2D eigenvalue weighted by atomic mass is 10.0. The van der Waals surface area contributed by atoms with Crippen LogP contribution in [0.25, 0.3) is 0 Å². The van der Waals surface area contributed by atoms with E-state index in [-0.39, 0.29) is 6.04 Å². The van der Waals surface area contributed by atoms with Gasteiger partial charge in [0.2, 0.25) is 0 Å². The summed E-state index contributed by atoms with van der Waals surface area (Å²) in [7, 11) is 1.58. The van der Waals surface area contributed by atoms with Gasteiger partial charge in [-0.15, -0.1) is 0 Å². The molecule has 2 atom stereocenters. The van der Waals surface area contributed by atoms with Gasteiger partial charge in [0.1, 0.15) is 5.75 Å². The van der Waals surface area contributed by atoms with Gasteiger partial charge in [0.25, 0.3) is 0 Å². The van der Waals surface area contributed by atoms with Gasteiger partial charge in [0, 0.05) is 16.1 Å². The molecule has 1 aromatic rings. The zero-order chi connectivity index (χ0) is 11.4. The maximum atomic E-state index is 10.00. The molecule has 4 heteroatoms. The summed E-state index contributed by atoms with van der Waals surface area (Å²) in [4.78, 5) is 0. The van der Waals surface area contributed by atoms with Gasteiger partial charge < -0.3 is 15.6 Å². The average molecular weight is 274 g/mol. The van der Waals surface area contributed by atoms with Crippen molar-refractivity contribution in [3.63, 3.8) is 0 Å². The van der Waals surface area contributed by atoms with Gasteiger partial charge >= 0.3 is 0 Å². The number of ether oxygens (including phenoxy) is 1. The average Bonchev–Trinajstić information content (AvgIpc) is 2.27. The summed E-state index contributed by atoms with van der Waals surface area (Å²) in [5.41, 5.74) is 6.52. The summed E-state index contributed by atoms with van der Waals surface area (Å²) in [6, 6.07) is 5.24. The van der Waals surface area contributed by atoms with Crippen molar-refractivity contribution in [2.45, 2.75) is 25.5 Å². The lowest BCUT2D eigenvalue weighted by Gasteiger charge is -2.20. The topological polar surface area (TPSA) is 55.5 Å². The van der Waals surface area contributed by atoms with Crippen LogP contribution in [0.2, 0.25) is 0 Å². The van der Waals surface area contributed by atoms with Crippen molar-refractivity contribution in [2.75, 3.05) is 7.11 Å². The second-order valence-electron chi connectivity index (χ2n) is 3.40. The van der Waals surface area contributed by atoms with Crippen LogP contribution < -0.4 is 10.5 Å². The van der Waals surface area contributed by atoms with Crippen LogP contribution in [0.3, 0.4) is 0 Å². The van der Waals surface area contributed by atoms with Gasteiger partial charge in [-0.05, 0) is 24.6 Å². The molecule has 0 bridgehead atoms. The third-order valence-electron chi connectivity index (χ3n) is 2.39. The SMILES string of the molecule is CCC(N)C(O)c1cc(Br)ccc1OC. The van der Waals surface area contributed by atoms with Crippen molar-refractivity contribution in [1.29, 1.82) is 0 Å². The highest BCUT2D eigenvalue weighted by Crippen LogP contribution is 2.30. The van der Waals surface area contributed by atoms with E-state index in [1.165, 1.54) is 0 Å². The van der Waals surface area contributed by atoms with Crippen LogP contribution in [-0.4, -0.2) is 18.3 Å². The molecule has 0 aliphatic carbocycles. The number of aliphatic hydroxyl groups excluding tert-OH is 1. The van der Waals surface area contributed by atoms with Crippen molar-refractivity contribution in [2.24, 2.45) is 5.73 Å². The smallest absolute Gasteiger partial charge is 0.124 e. The molecule has 0 spiro atoms. The number of methoxy groups -OCH3 is 1. The summed E-state index contributed by atoms with van der Waals surface area (Å²) in [6.07, 6.45) is 0.0269. The van der Waals surface area contributed by atoms with E-state index in [1.54, 1.807) is 7.11 Å². The molecule has 0 aliphatic heterocycles. The fourth-order valence-corrected chi connectivity index (χ4v) is 1.77. The van der Waals surface area contributed by atoms with Gasteiger partial charge in [0.15, 0.2) is 0 Å². The Balaban J connectivity index is 3.05. The van der Waals surface area contributed by atoms with Crippen LogP contribution in [0.4, 0.5) is 0 Å². The lowest BCUT2D eigenvalue weighted by molar-refractivity contribution is 0.141. The molecule has 3 nitrogen and oxygen atoms in total. The van der Waals surface area contributed by atoms with Crippen LogP contribution in [-0.2, 0) is 0 Å². The van der Waals surface area contributed by atoms with E-state index >= 15 is 0 Å². The predicted octanol–water partition coefficient (Wildman–Crippen LogP) is 2.23. The molecule has 3 N–H and O–H groups in total. The minimum Gasteiger partial charge on any atom is -0.496 e. The molecule has 0 aliphatic rings. The monoisotopic (exact) mass is 273 g/mol. The molecule has 0 radical (unpaired) electrons. The van der Waals surface area contributed by atoms with E-state index in [4.69, 9.17) is 10.5 Å². The minimum absolute atomic E-state index is 0.270. The van der Waals surface area contributed by atoms with Crippen LogP contribution in [0.1, 0.15) is 25.0 Å². The Hall–Kier alpha value is -0.580. The summed E-state index contributed by atoms with van der Waals surface area (Å²) in [6.45, 7) is 1.94. The van der Waals surface area contributed by atoms with Gasteiger partial charge in [-0.25, -0.2) is 0 Å². The molecular weight excluding hydrogens is 258 g/mol. The molecular formula is C11H16BrNO2. The van der Waals surface area contributed by atoms with E-state index in [0.29, 0.717) is 5.75 Å². The first-order valence-electron chi connectivity index (χ1n) is 4.87. The predicted molar refractivity (Wildman–Crippen MR) is 63.9 cm³/mol. The highest BCUT2D eigenvalue weighted by Gasteiger charge is 2.19. The first kappa shape index (κ1) is 12.5. The number of nitrogens with two attached hydrogens (primary N) is 1. The van der Waals surface area contributed by atoms with Crippen LogP contribution in [0, 0.1) is 0 Å². The third-order valence-corrected chi connectivity index (χ3v) is 2.88. The molecule has 0 heterocycles. The van der Waals surface area contributed by atoms with E-state index in [9.17, 15) is 5.11 Å². The van der Waals surface area contributed by atoms with Gasteiger partial charge in [-0.1, -0.05) is 22.9 Å². The first-order chi connectivity index (χ1) is 7.10. The minimum atomic E-state index is -0.692. The summed E-state index contributed by atoms with van der Waals surface area (Å²) < 4.78 is 6.08. The maximum absolute atomic E-state index is 10.00. The highest BCUT2D eigenvalue weighted by molar-refractivity contribution is 9.10. The molecule has 84 valence electrons. The largest absolute Gasteiger partial charge is 0.496 e. The Morgan fingerprint density at radius 1 is 1.53 bits per heavy atom. The molecule has 0 saturated carbocycles. The fraction of sp³-hybridized carbons (Fsp3) is 0.455. The van der Waals surface area contributed by atoms with Crippen molar-refractivity contribution < 1.29 is 9.84 Å². The van der Waals surface area contributed by atoms with E-state index in [1.807, 2.05) is 25.1 Å². The zero-order valence-corrected chi connectivity index (χ0v) is 10.5. The fourth-order valence-electron chi connectivity index (χ4n) is 1.39.